The lowest BCUT2D eigenvalue weighted by Gasteiger charge is -2.22. The van der Waals surface area contributed by atoms with Crippen LogP contribution in [0.4, 0.5) is 4.39 Å². The second kappa shape index (κ2) is 8.44. The number of hydrogen-bond donors (Lipinski definition) is 2. The Morgan fingerprint density at radius 2 is 1.78 bits per heavy atom. The first-order valence-electron chi connectivity index (χ1n) is 7.84. The van der Waals surface area contributed by atoms with Gasteiger partial charge in [-0.15, -0.1) is 0 Å². The zero-order valence-electron chi connectivity index (χ0n) is 13.2. The van der Waals surface area contributed by atoms with E-state index in [1.165, 1.54) is 6.07 Å². The Bertz CT molecular complexity index is 630. The summed E-state index contributed by atoms with van der Waals surface area (Å²) in [5, 5.41) is 12.0. The van der Waals surface area contributed by atoms with E-state index in [2.05, 4.69) is 5.32 Å². The second-order valence-corrected chi connectivity index (χ2v) is 5.58. The topological polar surface area (TPSA) is 49.3 Å². The van der Waals surface area contributed by atoms with Crippen molar-refractivity contribution in [1.29, 1.82) is 0 Å². The molecule has 2 aromatic rings. The molecule has 0 aromatic heterocycles. The number of carbonyl (C=O) groups is 1. The molecule has 2 unspecified atom stereocenters. The Kier molecular flexibility index (Phi) is 6.29. The van der Waals surface area contributed by atoms with Gasteiger partial charge in [-0.05, 0) is 37.0 Å². The number of hydrogen-bond acceptors (Lipinski definition) is 2. The molecule has 2 aromatic carbocycles. The van der Waals surface area contributed by atoms with Crippen LogP contribution in [0, 0.1) is 5.82 Å². The summed E-state index contributed by atoms with van der Waals surface area (Å²) < 4.78 is 13.9. The SMILES string of the molecule is CC(C(=O)NC(CCCO)c1ccccc1)c1ccccc1F. The molecular weight excluding hydrogens is 293 g/mol. The van der Waals surface area contributed by atoms with Crippen LogP contribution < -0.4 is 5.32 Å². The van der Waals surface area contributed by atoms with E-state index in [-0.39, 0.29) is 24.4 Å². The molecule has 3 nitrogen and oxygen atoms in total. The Balaban J connectivity index is 2.12. The second-order valence-electron chi connectivity index (χ2n) is 5.58. The minimum Gasteiger partial charge on any atom is -0.396 e. The lowest BCUT2D eigenvalue weighted by Crippen LogP contribution is -2.32. The van der Waals surface area contributed by atoms with Crippen molar-refractivity contribution < 1.29 is 14.3 Å². The Morgan fingerprint density at radius 3 is 2.43 bits per heavy atom. The standard InChI is InChI=1S/C19H22FNO2/c1-14(16-10-5-6-11-17(16)20)19(23)21-18(12-7-13-22)15-8-3-2-4-9-15/h2-6,8-11,14,18,22H,7,12-13H2,1H3,(H,21,23). The minimum absolute atomic E-state index is 0.0715. The highest BCUT2D eigenvalue weighted by Gasteiger charge is 2.22. The smallest absolute Gasteiger partial charge is 0.227 e. The number of amides is 1. The summed E-state index contributed by atoms with van der Waals surface area (Å²) in [6, 6.07) is 15.7. The minimum atomic E-state index is -0.573. The van der Waals surface area contributed by atoms with Crippen molar-refractivity contribution in [2.24, 2.45) is 0 Å². The van der Waals surface area contributed by atoms with Gasteiger partial charge in [0.2, 0.25) is 5.91 Å². The summed E-state index contributed by atoms with van der Waals surface area (Å²) in [4.78, 5) is 12.5. The third-order valence-electron chi connectivity index (χ3n) is 3.93. The van der Waals surface area contributed by atoms with E-state index in [1.54, 1.807) is 25.1 Å². The molecule has 0 spiro atoms. The highest BCUT2D eigenvalue weighted by Crippen LogP contribution is 2.23. The maximum Gasteiger partial charge on any atom is 0.227 e. The van der Waals surface area contributed by atoms with Crippen molar-refractivity contribution in [3.05, 3.63) is 71.5 Å². The summed E-state index contributed by atoms with van der Waals surface area (Å²) in [6.45, 7) is 1.77. The molecule has 0 bridgehead atoms. The molecule has 0 saturated heterocycles. The quantitative estimate of drug-likeness (QED) is 0.821. The van der Waals surface area contributed by atoms with Crippen LogP contribution in [-0.4, -0.2) is 17.6 Å². The fraction of sp³-hybridized carbons (Fsp3) is 0.316. The highest BCUT2D eigenvalue weighted by atomic mass is 19.1. The molecule has 122 valence electrons. The monoisotopic (exact) mass is 315 g/mol. The lowest BCUT2D eigenvalue weighted by atomic mass is 9.97. The van der Waals surface area contributed by atoms with Gasteiger partial charge >= 0.3 is 0 Å². The van der Waals surface area contributed by atoms with Crippen LogP contribution in [0.25, 0.3) is 0 Å². The molecule has 1 amide bonds. The average Bonchev–Trinajstić information content (AvgIpc) is 2.59. The van der Waals surface area contributed by atoms with Gasteiger partial charge in [-0.1, -0.05) is 48.5 Å². The number of rotatable bonds is 7. The number of carbonyl (C=O) groups excluding carboxylic acids is 1. The van der Waals surface area contributed by atoms with Gasteiger partial charge in [0.05, 0.1) is 12.0 Å². The molecule has 0 aliphatic rings. The zero-order chi connectivity index (χ0) is 16.7. The summed E-state index contributed by atoms with van der Waals surface area (Å²) in [6.07, 6.45) is 1.23. The first kappa shape index (κ1) is 17.2. The van der Waals surface area contributed by atoms with Crippen molar-refractivity contribution >= 4 is 5.91 Å². The zero-order valence-corrected chi connectivity index (χ0v) is 13.2. The number of aliphatic hydroxyl groups is 1. The molecule has 23 heavy (non-hydrogen) atoms. The molecule has 2 rings (SSSR count). The first-order valence-corrected chi connectivity index (χ1v) is 7.84. The Labute approximate surface area is 136 Å². The Morgan fingerprint density at radius 1 is 1.13 bits per heavy atom. The van der Waals surface area contributed by atoms with E-state index in [0.717, 1.165) is 5.56 Å². The molecule has 2 atom stereocenters. The molecular formula is C19H22FNO2. The van der Waals surface area contributed by atoms with Crippen molar-refractivity contribution in [2.75, 3.05) is 6.61 Å². The van der Waals surface area contributed by atoms with Gasteiger partial charge in [-0.25, -0.2) is 4.39 Å². The number of halogens is 1. The van der Waals surface area contributed by atoms with E-state index in [0.29, 0.717) is 18.4 Å². The van der Waals surface area contributed by atoms with Gasteiger partial charge in [0, 0.05) is 6.61 Å². The fourth-order valence-electron chi connectivity index (χ4n) is 2.57. The van der Waals surface area contributed by atoms with Crippen LogP contribution in [0.1, 0.15) is 42.9 Å². The molecule has 4 heteroatoms. The van der Waals surface area contributed by atoms with Crippen LogP contribution in [0.2, 0.25) is 0 Å². The van der Waals surface area contributed by atoms with Gasteiger partial charge in [-0.3, -0.25) is 4.79 Å². The highest BCUT2D eigenvalue weighted by molar-refractivity contribution is 5.83. The van der Waals surface area contributed by atoms with Crippen molar-refractivity contribution in [1.82, 2.24) is 5.32 Å². The van der Waals surface area contributed by atoms with Gasteiger partial charge in [0.15, 0.2) is 0 Å². The molecule has 0 aliphatic heterocycles. The van der Waals surface area contributed by atoms with Gasteiger partial charge in [0.1, 0.15) is 5.82 Å². The van der Waals surface area contributed by atoms with Crippen molar-refractivity contribution in [3.8, 4) is 0 Å². The fourth-order valence-corrected chi connectivity index (χ4v) is 2.57. The average molecular weight is 315 g/mol. The summed E-state index contributed by atoms with van der Waals surface area (Å²) in [5.41, 5.74) is 1.37. The molecule has 0 saturated carbocycles. The molecule has 0 heterocycles. The predicted molar refractivity (Wildman–Crippen MR) is 88.5 cm³/mol. The van der Waals surface area contributed by atoms with E-state index in [9.17, 15) is 9.18 Å². The lowest BCUT2D eigenvalue weighted by molar-refractivity contribution is -0.123. The van der Waals surface area contributed by atoms with Crippen molar-refractivity contribution in [2.45, 2.75) is 31.7 Å². The molecule has 0 fully saturated rings. The normalized spacial score (nSPS) is 13.3. The summed E-state index contributed by atoms with van der Waals surface area (Å²) in [5.74, 6) is -1.17. The van der Waals surface area contributed by atoms with Crippen LogP contribution >= 0.6 is 0 Å². The summed E-state index contributed by atoms with van der Waals surface area (Å²) >= 11 is 0. The van der Waals surface area contributed by atoms with E-state index in [4.69, 9.17) is 5.11 Å². The number of nitrogens with one attached hydrogen (secondary N) is 1. The van der Waals surface area contributed by atoms with Crippen molar-refractivity contribution in [3.63, 3.8) is 0 Å². The Hall–Kier alpha value is -2.20. The van der Waals surface area contributed by atoms with Crippen LogP contribution in [0.5, 0.6) is 0 Å². The molecule has 2 N–H and O–H groups in total. The van der Waals surface area contributed by atoms with Crippen LogP contribution in [0.15, 0.2) is 54.6 Å². The van der Waals surface area contributed by atoms with E-state index >= 15 is 0 Å². The largest absolute Gasteiger partial charge is 0.396 e. The van der Waals surface area contributed by atoms with Crippen LogP contribution in [0.3, 0.4) is 0 Å². The molecule has 0 aliphatic carbocycles. The van der Waals surface area contributed by atoms with Gasteiger partial charge in [-0.2, -0.15) is 0 Å². The van der Waals surface area contributed by atoms with Gasteiger partial charge < -0.3 is 10.4 Å². The summed E-state index contributed by atoms with van der Waals surface area (Å²) in [7, 11) is 0. The van der Waals surface area contributed by atoms with Gasteiger partial charge in [0.25, 0.3) is 0 Å². The predicted octanol–water partition coefficient (Wildman–Crippen LogP) is 3.56. The maximum absolute atomic E-state index is 13.9. The first-order chi connectivity index (χ1) is 11.1. The third-order valence-corrected chi connectivity index (χ3v) is 3.93. The maximum atomic E-state index is 13.9. The number of aliphatic hydroxyl groups excluding tert-OH is 1. The number of benzene rings is 2. The molecule has 0 radical (unpaired) electrons. The third kappa shape index (κ3) is 4.63. The van der Waals surface area contributed by atoms with E-state index < -0.39 is 5.92 Å². The van der Waals surface area contributed by atoms with E-state index in [1.807, 2.05) is 30.3 Å². The van der Waals surface area contributed by atoms with Crippen LogP contribution in [-0.2, 0) is 4.79 Å².